The molecule has 1 N–H and O–H groups in total. The van der Waals surface area contributed by atoms with E-state index in [1.807, 2.05) is 12.1 Å². The van der Waals surface area contributed by atoms with Crippen LogP contribution in [0.1, 0.15) is 31.7 Å². The maximum absolute atomic E-state index is 11.7. The summed E-state index contributed by atoms with van der Waals surface area (Å²) in [5, 5.41) is 3.82. The zero-order valence-electron chi connectivity index (χ0n) is 12.2. The standard InChI is InChI=1S/C15H22ClNO3/c1-4-5-8-13(15(18)20-3)17-10-11-12(16)7-6-9-14(11)19-2/h6-7,9,13,17H,4-5,8,10H2,1-3H3. The number of methoxy groups -OCH3 is 2. The second-order valence-corrected chi connectivity index (χ2v) is 4.93. The molecule has 0 radical (unpaired) electrons. The molecule has 1 aromatic carbocycles. The smallest absolute Gasteiger partial charge is 0.322 e. The largest absolute Gasteiger partial charge is 0.496 e. The quantitative estimate of drug-likeness (QED) is 0.749. The van der Waals surface area contributed by atoms with Crippen LogP contribution in [0.3, 0.4) is 0 Å². The van der Waals surface area contributed by atoms with E-state index in [1.165, 1.54) is 7.11 Å². The number of hydrogen-bond acceptors (Lipinski definition) is 4. The summed E-state index contributed by atoms with van der Waals surface area (Å²) in [6.07, 6.45) is 2.74. The van der Waals surface area contributed by atoms with Gasteiger partial charge in [-0.2, -0.15) is 0 Å². The molecule has 0 heterocycles. The first-order valence-electron chi connectivity index (χ1n) is 6.76. The summed E-state index contributed by atoms with van der Waals surface area (Å²) in [6, 6.07) is 5.17. The van der Waals surface area contributed by atoms with Gasteiger partial charge in [-0.25, -0.2) is 0 Å². The number of benzene rings is 1. The van der Waals surface area contributed by atoms with Crippen LogP contribution >= 0.6 is 11.6 Å². The molecule has 112 valence electrons. The van der Waals surface area contributed by atoms with Crippen molar-refractivity contribution in [1.82, 2.24) is 5.32 Å². The summed E-state index contributed by atoms with van der Waals surface area (Å²) < 4.78 is 10.1. The average Bonchev–Trinajstić information content (AvgIpc) is 2.47. The zero-order chi connectivity index (χ0) is 15.0. The molecule has 0 aliphatic heterocycles. The molecule has 5 heteroatoms. The third-order valence-electron chi connectivity index (χ3n) is 3.15. The molecule has 1 rings (SSSR count). The third kappa shape index (κ3) is 4.69. The zero-order valence-corrected chi connectivity index (χ0v) is 13.0. The Morgan fingerprint density at radius 3 is 2.75 bits per heavy atom. The Labute approximate surface area is 125 Å². The fraction of sp³-hybridized carbons (Fsp3) is 0.533. The van der Waals surface area contributed by atoms with Gasteiger partial charge in [0.05, 0.1) is 14.2 Å². The van der Waals surface area contributed by atoms with Gasteiger partial charge in [-0.15, -0.1) is 0 Å². The van der Waals surface area contributed by atoms with Crippen molar-refractivity contribution in [3.05, 3.63) is 28.8 Å². The van der Waals surface area contributed by atoms with Gasteiger partial charge in [0.2, 0.25) is 0 Å². The van der Waals surface area contributed by atoms with Gasteiger partial charge in [-0.3, -0.25) is 4.79 Å². The van der Waals surface area contributed by atoms with E-state index in [-0.39, 0.29) is 12.0 Å². The predicted molar refractivity (Wildman–Crippen MR) is 80.2 cm³/mol. The molecule has 0 bridgehead atoms. The van der Waals surface area contributed by atoms with Crippen LogP contribution < -0.4 is 10.1 Å². The highest BCUT2D eigenvalue weighted by Gasteiger charge is 2.19. The Morgan fingerprint density at radius 1 is 1.40 bits per heavy atom. The molecule has 0 saturated heterocycles. The number of unbranched alkanes of at least 4 members (excludes halogenated alkanes) is 1. The molecule has 1 aromatic rings. The Kier molecular flexibility index (Phi) is 7.41. The van der Waals surface area contributed by atoms with Crippen molar-refractivity contribution in [2.45, 2.75) is 38.8 Å². The van der Waals surface area contributed by atoms with E-state index in [4.69, 9.17) is 21.1 Å². The molecular formula is C15H22ClNO3. The third-order valence-corrected chi connectivity index (χ3v) is 3.51. The molecule has 0 aliphatic rings. The van der Waals surface area contributed by atoms with Crippen LogP contribution in [0, 0.1) is 0 Å². The van der Waals surface area contributed by atoms with Crippen molar-refractivity contribution >= 4 is 17.6 Å². The topological polar surface area (TPSA) is 47.6 Å². The monoisotopic (exact) mass is 299 g/mol. The molecular weight excluding hydrogens is 278 g/mol. The van der Waals surface area contributed by atoms with E-state index in [0.29, 0.717) is 17.3 Å². The van der Waals surface area contributed by atoms with Gasteiger partial charge < -0.3 is 14.8 Å². The Bertz CT molecular complexity index is 437. The fourth-order valence-electron chi connectivity index (χ4n) is 1.98. The van der Waals surface area contributed by atoms with Crippen molar-refractivity contribution in [1.29, 1.82) is 0 Å². The van der Waals surface area contributed by atoms with Gasteiger partial charge in [-0.05, 0) is 18.6 Å². The minimum absolute atomic E-state index is 0.246. The molecule has 20 heavy (non-hydrogen) atoms. The Balaban J connectivity index is 2.74. The van der Waals surface area contributed by atoms with Crippen LogP contribution in [0.2, 0.25) is 5.02 Å². The highest BCUT2D eigenvalue weighted by molar-refractivity contribution is 6.31. The lowest BCUT2D eigenvalue weighted by molar-refractivity contribution is -0.143. The van der Waals surface area contributed by atoms with E-state index in [0.717, 1.165) is 24.8 Å². The summed E-state index contributed by atoms with van der Waals surface area (Å²) in [5.74, 6) is 0.466. The molecule has 1 atom stereocenters. The van der Waals surface area contributed by atoms with Crippen molar-refractivity contribution < 1.29 is 14.3 Å². The van der Waals surface area contributed by atoms with Crippen LogP contribution in [0.4, 0.5) is 0 Å². The number of hydrogen-bond donors (Lipinski definition) is 1. The van der Waals surface area contributed by atoms with E-state index < -0.39 is 0 Å². The second-order valence-electron chi connectivity index (χ2n) is 4.52. The lowest BCUT2D eigenvalue weighted by atomic mass is 10.1. The first-order valence-corrected chi connectivity index (χ1v) is 7.14. The number of rotatable bonds is 8. The van der Waals surface area contributed by atoms with Crippen LogP contribution in [-0.2, 0) is 16.1 Å². The molecule has 1 unspecified atom stereocenters. The molecule has 4 nitrogen and oxygen atoms in total. The molecule has 0 aromatic heterocycles. The summed E-state index contributed by atoms with van der Waals surface area (Å²) in [6.45, 7) is 2.55. The fourth-order valence-corrected chi connectivity index (χ4v) is 2.21. The summed E-state index contributed by atoms with van der Waals surface area (Å²) in [7, 11) is 3.00. The Hall–Kier alpha value is -1.26. The van der Waals surface area contributed by atoms with Gasteiger partial charge in [0.1, 0.15) is 11.8 Å². The number of nitrogens with one attached hydrogen (secondary N) is 1. The highest BCUT2D eigenvalue weighted by atomic mass is 35.5. The normalized spacial score (nSPS) is 12.0. The van der Waals surface area contributed by atoms with E-state index >= 15 is 0 Å². The van der Waals surface area contributed by atoms with Crippen LogP contribution in [0.15, 0.2) is 18.2 Å². The average molecular weight is 300 g/mol. The summed E-state index contributed by atoms with van der Waals surface area (Å²) in [4.78, 5) is 11.7. The highest BCUT2D eigenvalue weighted by Crippen LogP contribution is 2.26. The lowest BCUT2D eigenvalue weighted by Crippen LogP contribution is -2.37. The van der Waals surface area contributed by atoms with Crippen LogP contribution in [0.5, 0.6) is 5.75 Å². The van der Waals surface area contributed by atoms with Crippen LogP contribution in [0.25, 0.3) is 0 Å². The number of esters is 1. The van der Waals surface area contributed by atoms with Crippen molar-refractivity contribution in [3.8, 4) is 5.75 Å². The molecule has 0 amide bonds. The van der Waals surface area contributed by atoms with Gasteiger partial charge in [0.15, 0.2) is 0 Å². The van der Waals surface area contributed by atoms with E-state index in [9.17, 15) is 4.79 Å². The number of carbonyl (C=O) groups excluding carboxylic acids is 1. The minimum atomic E-state index is -0.319. The van der Waals surface area contributed by atoms with Crippen molar-refractivity contribution in [2.24, 2.45) is 0 Å². The SMILES string of the molecule is CCCCC(NCc1c(Cl)cccc1OC)C(=O)OC. The van der Waals surface area contributed by atoms with Gasteiger partial charge >= 0.3 is 5.97 Å². The first-order chi connectivity index (χ1) is 9.63. The van der Waals surface area contributed by atoms with Gasteiger partial charge in [0.25, 0.3) is 0 Å². The summed E-state index contributed by atoms with van der Waals surface area (Å²) in [5.41, 5.74) is 0.849. The van der Waals surface area contributed by atoms with Crippen LogP contribution in [-0.4, -0.2) is 26.2 Å². The molecule has 0 spiro atoms. The predicted octanol–water partition coefficient (Wildman–Crippen LogP) is 3.17. The van der Waals surface area contributed by atoms with Crippen molar-refractivity contribution in [2.75, 3.05) is 14.2 Å². The van der Waals surface area contributed by atoms with E-state index in [2.05, 4.69) is 12.2 Å². The van der Waals surface area contributed by atoms with Gasteiger partial charge in [0, 0.05) is 17.1 Å². The summed E-state index contributed by atoms with van der Waals surface area (Å²) >= 11 is 6.17. The minimum Gasteiger partial charge on any atom is -0.496 e. The number of ether oxygens (including phenoxy) is 2. The number of halogens is 1. The first kappa shape index (κ1) is 16.8. The van der Waals surface area contributed by atoms with Crippen molar-refractivity contribution in [3.63, 3.8) is 0 Å². The van der Waals surface area contributed by atoms with E-state index in [1.54, 1.807) is 13.2 Å². The lowest BCUT2D eigenvalue weighted by Gasteiger charge is -2.18. The maximum Gasteiger partial charge on any atom is 0.322 e. The molecule has 0 fully saturated rings. The Morgan fingerprint density at radius 2 is 2.15 bits per heavy atom. The molecule has 0 aliphatic carbocycles. The van der Waals surface area contributed by atoms with Gasteiger partial charge in [-0.1, -0.05) is 37.4 Å². The molecule has 0 saturated carbocycles. The maximum atomic E-state index is 11.7. The number of carbonyl (C=O) groups is 1. The second kappa shape index (κ2) is 8.82.